The van der Waals surface area contributed by atoms with E-state index in [0.29, 0.717) is 22.4 Å². The van der Waals surface area contributed by atoms with E-state index >= 15 is 0 Å². The zero-order valence-corrected chi connectivity index (χ0v) is 17.7. The molecule has 0 radical (unpaired) electrons. The quantitative estimate of drug-likeness (QED) is 0.496. The highest BCUT2D eigenvalue weighted by Gasteiger charge is 2.21. The van der Waals surface area contributed by atoms with Crippen LogP contribution in [0.1, 0.15) is 11.1 Å². The number of methoxy groups -OCH3 is 1. The van der Waals surface area contributed by atoms with Gasteiger partial charge in [0.05, 0.1) is 18.9 Å². The molecule has 2 aromatic carbocycles. The molecule has 0 spiro atoms. The molecule has 3 N–H and O–H groups in total. The molecule has 1 atom stereocenters. The predicted molar refractivity (Wildman–Crippen MR) is 118 cm³/mol. The van der Waals surface area contributed by atoms with Gasteiger partial charge in [0.2, 0.25) is 0 Å². The molecule has 0 unspecified atom stereocenters. The van der Waals surface area contributed by atoms with Crippen LogP contribution < -0.4 is 20.9 Å². The van der Waals surface area contributed by atoms with Crippen LogP contribution in [0, 0.1) is 0 Å². The van der Waals surface area contributed by atoms with Crippen molar-refractivity contribution in [2.45, 2.75) is 19.0 Å². The van der Waals surface area contributed by atoms with E-state index in [0.717, 1.165) is 5.56 Å². The van der Waals surface area contributed by atoms with E-state index in [9.17, 15) is 19.5 Å². The van der Waals surface area contributed by atoms with E-state index in [4.69, 9.17) is 4.74 Å². The Morgan fingerprint density at radius 3 is 2.41 bits per heavy atom. The number of aromatic nitrogens is 2. The summed E-state index contributed by atoms with van der Waals surface area (Å²) in [6.07, 6.45) is 1.54. The molecular formula is C23H24N4O5. The number of urea groups is 1. The minimum absolute atomic E-state index is 0.0832. The van der Waals surface area contributed by atoms with Gasteiger partial charge in [0.15, 0.2) is 5.75 Å². The van der Waals surface area contributed by atoms with Gasteiger partial charge < -0.3 is 20.5 Å². The fourth-order valence-electron chi connectivity index (χ4n) is 3.17. The number of ether oxygens (including phenoxy) is 1. The van der Waals surface area contributed by atoms with Gasteiger partial charge in [-0.1, -0.05) is 54.6 Å². The van der Waals surface area contributed by atoms with Crippen LogP contribution in [0.4, 0.5) is 4.79 Å². The number of carboxylic acid groups (broad SMARTS) is 1. The van der Waals surface area contributed by atoms with E-state index < -0.39 is 18.0 Å². The first-order valence-corrected chi connectivity index (χ1v) is 9.89. The zero-order chi connectivity index (χ0) is 23.1. The summed E-state index contributed by atoms with van der Waals surface area (Å²) in [5, 5.41) is 18.6. The Hall–Kier alpha value is -4.14. The Bertz CT molecular complexity index is 1140. The van der Waals surface area contributed by atoms with Crippen molar-refractivity contribution in [2.75, 3.05) is 7.11 Å². The number of rotatable bonds is 8. The van der Waals surface area contributed by atoms with Gasteiger partial charge in [0, 0.05) is 20.0 Å². The molecule has 0 bridgehead atoms. The molecule has 1 heterocycles. The molecule has 32 heavy (non-hydrogen) atoms. The maximum atomic E-state index is 12.5. The van der Waals surface area contributed by atoms with E-state index in [-0.39, 0.29) is 18.5 Å². The Morgan fingerprint density at radius 2 is 1.78 bits per heavy atom. The summed E-state index contributed by atoms with van der Waals surface area (Å²) in [5.41, 5.74) is 2.27. The van der Waals surface area contributed by atoms with Crippen LogP contribution in [-0.2, 0) is 24.8 Å². The fourth-order valence-corrected chi connectivity index (χ4v) is 3.17. The second-order valence-corrected chi connectivity index (χ2v) is 7.12. The summed E-state index contributed by atoms with van der Waals surface area (Å²) in [5.74, 6) is -0.797. The molecule has 9 heteroatoms. The van der Waals surface area contributed by atoms with E-state index in [2.05, 4.69) is 15.7 Å². The zero-order valence-electron chi connectivity index (χ0n) is 17.7. The van der Waals surface area contributed by atoms with Crippen LogP contribution in [0.15, 0.2) is 65.6 Å². The molecule has 0 aliphatic carbocycles. The average molecular weight is 436 g/mol. The summed E-state index contributed by atoms with van der Waals surface area (Å²) >= 11 is 0. The van der Waals surface area contributed by atoms with Crippen molar-refractivity contribution in [1.29, 1.82) is 0 Å². The van der Waals surface area contributed by atoms with E-state index in [1.807, 2.05) is 30.3 Å². The first-order valence-electron chi connectivity index (χ1n) is 9.89. The standard InChI is InChI=1S/C23H24N4O5/c1-27-21(28)20(19(32-2)14-25-27)17-10-8-15(9-11-17)12-18(22(29)30)26-23(31)24-13-16-6-4-3-5-7-16/h3-11,14,18H,12-13H2,1-2H3,(H,29,30)(H2,24,26,31)/t18-/m0/s1. The van der Waals surface area contributed by atoms with Crippen LogP contribution in [0.25, 0.3) is 11.1 Å². The van der Waals surface area contributed by atoms with Crippen LogP contribution in [0.5, 0.6) is 5.75 Å². The molecule has 166 valence electrons. The lowest BCUT2D eigenvalue weighted by Crippen LogP contribution is -2.46. The van der Waals surface area contributed by atoms with Crippen molar-refractivity contribution in [2.24, 2.45) is 7.05 Å². The smallest absolute Gasteiger partial charge is 0.326 e. The summed E-state index contributed by atoms with van der Waals surface area (Å²) in [4.78, 5) is 36.3. The number of hydrogen-bond donors (Lipinski definition) is 3. The van der Waals surface area contributed by atoms with Gasteiger partial charge in [-0.2, -0.15) is 5.10 Å². The van der Waals surface area contributed by atoms with E-state index in [1.165, 1.54) is 18.0 Å². The number of carbonyl (C=O) groups is 2. The second kappa shape index (κ2) is 10.3. The molecule has 0 fully saturated rings. The molecule has 0 aliphatic heterocycles. The van der Waals surface area contributed by atoms with Gasteiger partial charge in [-0.3, -0.25) is 4.79 Å². The molecule has 0 saturated heterocycles. The summed E-state index contributed by atoms with van der Waals surface area (Å²) in [7, 11) is 3.01. The van der Waals surface area contributed by atoms with Crippen LogP contribution >= 0.6 is 0 Å². The maximum absolute atomic E-state index is 12.5. The number of benzene rings is 2. The van der Waals surface area contributed by atoms with Crippen LogP contribution in [-0.4, -0.2) is 40.0 Å². The highest BCUT2D eigenvalue weighted by atomic mass is 16.5. The maximum Gasteiger partial charge on any atom is 0.326 e. The SMILES string of the molecule is COc1cnn(C)c(=O)c1-c1ccc(C[C@H](NC(=O)NCc2ccccc2)C(=O)O)cc1. The van der Waals surface area contributed by atoms with Crippen molar-refractivity contribution in [3.8, 4) is 16.9 Å². The van der Waals surface area contributed by atoms with Crippen molar-refractivity contribution >= 4 is 12.0 Å². The number of carbonyl (C=O) groups excluding carboxylic acids is 1. The third-order valence-corrected chi connectivity index (χ3v) is 4.90. The number of hydrogen-bond acceptors (Lipinski definition) is 5. The number of aliphatic carboxylic acids is 1. The molecule has 0 saturated carbocycles. The summed E-state index contributed by atoms with van der Waals surface area (Å²) in [6, 6.07) is 14.5. The average Bonchev–Trinajstić information content (AvgIpc) is 2.80. The topological polar surface area (TPSA) is 123 Å². The first-order chi connectivity index (χ1) is 15.4. The van der Waals surface area contributed by atoms with Gasteiger partial charge in [-0.25, -0.2) is 14.3 Å². The van der Waals surface area contributed by atoms with Gasteiger partial charge in [0.1, 0.15) is 6.04 Å². The van der Waals surface area contributed by atoms with Gasteiger partial charge in [-0.15, -0.1) is 0 Å². The largest absolute Gasteiger partial charge is 0.494 e. The number of nitrogens with one attached hydrogen (secondary N) is 2. The van der Waals surface area contributed by atoms with Crippen LogP contribution in [0.2, 0.25) is 0 Å². The normalized spacial score (nSPS) is 11.4. The van der Waals surface area contributed by atoms with Crippen molar-refractivity contribution < 1.29 is 19.4 Å². The van der Waals surface area contributed by atoms with Crippen molar-refractivity contribution in [3.05, 3.63) is 82.3 Å². The molecule has 3 rings (SSSR count). The molecule has 3 aromatic rings. The number of amides is 2. The third-order valence-electron chi connectivity index (χ3n) is 4.90. The van der Waals surface area contributed by atoms with Crippen molar-refractivity contribution in [1.82, 2.24) is 20.4 Å². The van der Waals surface area contributed by atoms with Crippen molar-refractivity contribution in [3.63, 3.8) is 0 Å². The van der Waals surface area contributed by atoms with E-state index in [1.54, 1.807) is 31.3 Å². The molecule has 2 amide bonds. The monoisotopic (exact) mass is 436 g/mol. The molecule has 0 aliphatic rings. The van der Waals surface area contributed by atoms with Gasteiger partial charge in [-0.05, 0) is 16.7 Å². The number of carboxylic acids is 1. The lowest BCUT2D eigenvalue weighted by molar-refractivity contribution is -0.139. The lowest BCUT2D eigenvalue weighted by atomic mass is 10.0. The fraction of sp³-hybridized carbons (Fsp3) is 0.217. The number of nitrogens with zero attached hydrogens (tertiary/aromatic N) is 2. The predicted octanol–water partition coefficient (Wildman–Crippen LogP) is 1.95. The highest BCUT2D eigenvalue weighted by molar-refractivity contribution is 5.82. The summed E-state index contributed by atoms with van der Waals surface area (Å²) < 4.78 is 6.47. The molecular weight excluding hydrogens is 412 g/mol. The highest BCUT2D eigenvalue weighted by Crippen LogP contribution is 2.25. The van der Waals surface area contributed by atoms with Gasteiger partial charge in [0.25, 0.3) is 5.56 Å². The molecule has 9 nitrogen and oxygen atoms in total. The first kappa shape index (κ1) is 22.5. The third kappa shape index (κ3) is 5.51. The Labute approximate surface area is 184 Å². The second-order valence-electron chi connectivity index (χ2n) is 7.12. The van der Waals surface area contributed by atoms with Crippen LogP contribution in [0.3, 0.4) is 0 Å². The summed E-state index contributed by atoms with van der Waals surface area (Å²) in [6.45, 7) is 0.288. The molecule has 1 aromatic heterocycles. The van der Waals surface area contributed by atoms with Gasteiger partial charge >= 0.3 is 12.0 Å². The Kier molecular flexibility index (Phi) is 7.22. The minimum Gasteiger partial charge on any atom is -0.494 e. The Morgan fingerprint density at radius 1 is 1.09 bits per heavy atom. The Balaban J connectivity index is 1.69. The lowest BCUT2D eigenvalue weighted by Gasteiger charge is -2.16. The number of aryl methyl sites for hydroxylation is 1. The minimum atomic E-state index is -1.14.